The van der Waals surface area contributed by atoms with Crippen LogP contribution in [0.25, 0.3) is 16.6 Å². The molecule has 0 saturated heterocycles. The molecule has 0 atom stereocenters. The van der Waals surface area contributed by atoms with Crippen LogP contribution in [0.3, 0.4) is 0 Å². The number of hydrogen-bond donors (Lipinski definition) is 2. The van der Waals surface area contributed by atoms with Gasteiger partial charge in [-0.2, -0.15) is 0 Å². The molecule has 0 radical (unpaired) electrons. The Morgan fingerprint density at radius 1 is 0.900 bits per heavy atom. The molecule has 7 nitrogen and oxygen atoms in total. The van der Waals surface area contributed by atoms with Gasteiger partial charge in [0.05, 0.1) is 23.7 Å². The fourth-order valence-corrected chi connectivity index (χ4v) is 3.21. The average molecular weight is 400 g/mol. The molecule has 0 aliphatic heterocycles. The van der Waals surface area contributed by atoms with Gasteiger partial charge in [0.1, 0.15) is 11.6 Å². The number of rotatable bonds is 4. The normalized spacial score (nSPS) is 10.6. The second-order valence-corrected chi connectivity index (χ2v) is 6.67. The second kappa shape index (κ2) is 8.08. The van der Waals surface area contributed by atoms with E-state index in [1.54, 1.807) is 73.2 Å². The van der Waals surface area contributed by atoms with Gasteiger partial charge in [0.25, 0.3) is 5.56 Å². The van der Waals surface area contributed by atoms with Gasteiger partial charge >= 0.3 is 6.03 Å². The first-order valence-electron chi connectivity index (χ1n) is 9.36. The van der Waals surface area contributed by atoms with E-state index in [1.165, 1.54) is 0 Å². The molecule has 150 valence electrons. The van der Waals surface area contributed by atoms with Crippen LogP contribution in [0.4, 0.5) is 16.2 Å². The van der Waals surface area contributed by atoms with Crippen LogP contribution >= 0.6 is 0 Å². The number of aromatic nitrogens is 2. The van der Waals surface area contributed by atoms with Crippen LogP contribution in [-0.2, 0) is 0 Å². The third-order valence-corrected chi connectivity index (χ3v) is 4.67. The summed E-state index contributed by atoms with van der Waals surface area (Å²) in [5, 5.41) is 6.09. The SMILES string of the molecule is COc1ccc(NC(=O)Nc2ccc(-n3c(C)nc4ccccc4c3=O)cc2)cc1. The van der Waals surface area contributed by atoms with Gasteiger partial charge in [-0.15, -0.1) is 0 Å². The summed E-state index contributed by atoms with van der Waals surface area (Å²) in [4.78, 5) is 29.6. The van der Waals surface area contributed by atoms with E-state index >= 15 is 0 Å². The van der Waals surface area contributed by atoms with Crippen LogP contribution in [0, 0.1) is 6.92 Å². The monoisotopic (exact) mass is 400 g/mol. The number of fused-ring (bicyclic) bond motifs is 1. The van der Waals surface area contributed by atoms with Crippen molar-refractivity contribution >= 4 is 28.3 Å². The van der Waals surface area contributed by atoms with E-state index in [2.05, 4.69) is 15.6 Å². The molecule has 0 bridgehead atoms. The van der Waals surface area contributed by atoms with Crippen molar-refractivity contribution < 1.29 is 9.53 Å². The Morgan fingerprint density at radius 2 is 1.50 bits per heavy atom. The number of ether oxygens (including phenoxy) is 1. The van der Waals surface area contributed by atoms with Crippen LogP contribution in [0.5, 0.6) is 5.75 Å². The van der Waals surface area contributed by atoms with Gasteiger partial charge in [0.15, 0.2) is 0 Å². The van der Waals surface area contributed by atoms with Crippen molar-refractivity contribution in [1.29, 1.82) is 0 Å². The number of nitrogens with one attached hydrogen (secondary N) is 2. The number of benzene rings is 3. The predicted molar refractivity (Wildman–Crippen MR) is 118 cm³/mol. The van der Waals surface area contributed by atoms with Gasteiger partial charge in [-0.3, -0.25) is 9.36 Å². The van der Waals surface area contributed by atoms with Crippen molar-refractivity contribution in [3.8, 4) is 11.4 Å². The number of nitrogens with zero attached hydrogens (tertiary/aromatic N) is 2. The maximum absolute atomic E-state index is 12.9. The van der Waals surface area contributed by atoms with Crippen LogP contribution < -0.4 is 20.9 Å². The van der Waals surface area contributed by atoms with Crippen molar-refractivity contribution in [2.24, 2.45) is 0 Å². The van der Waals surface area contributed by atoms with Crippen LogP contribution in [-0.4, -0.2) is 22.7 Å². The summed E-state index contributed by atoms with van der Waals surface area (Å²) < 4.78 is 6.66. The first-order valence-corrected chi connectivity index (χ1v) is 9.36. The number of carbonyl (C=O) groups is 1. The molecular formula is C23H20N4O3. The lowest BCUT2D eigenvalue weighted by atomic mass is 10.2. The molecule has 4 rings (SSSR count). The molecule has 2 N–H and O–H groups in total. The van der Waals surface area contributed by atoms with Gasteiger partial charge in [-0.1, -0.05) is 12.1 Å². The molecule has 0 unspecified atom stereocenters. The molecule has 0 aliphatic rings. The zero-order chi connectivity index (χ0) is 21.1. The number of urea groups is 1. The molecule has 2 amide bonds. The maximum Gasteiger partial charge on any atom is 0.323 e. The zero-order valence-electron chi connectivity index (χ0n) is 16.5. The number of para-hydroxylation sites is 1. The standard InChI is InChI=1S/C23H20N4O3/c1-15-24-21-6-4-3-5-20(21)22(28)27(15)18-11-7-16(8-12-18)25-23(29)26-17-9-13-19(30-2)14-10-17/h3-14H,1-2H3,(H2,25,26,29). The van der Waals surface area contributed by atoms with Crippen molar-refractivity contribution in [3.63, 3.8) is 0 Å². The van der Waals surface area contributed by atoms with E-state index in [-0.39, 0.29) is 11.6 Å². The first kappa shape index (κ1) is 19.2. The Kier molecular flexibility index (Phi) is 5.17. The molecule has 4 aromatic rings. The number of anilines is 2. The van der Waals surface area contributed by atoms with Gasteiger partial charge in [-0.05, 0) is 67.6 Å². The fraction of sp³-hybridized carbons (Fsp3) is 0.0870. The van der Waals surface area contributed by atoms with Crippen molar-refractivity contribution in [1.82, 2.24) is 9.55 Å². The van der Waals surface area contributed by atoms with E-state index in [9.17, 15) is 9.59 Å². The summed E-state index contributed by atoms with van der Waals surface area (Å²) in [6.07, 6.45) is 0. The molecule has 0 aliphatic carbocycles. The highest BCUT2D eigenvalue weighted by molar-refractivity contribution is 5.99. The highest BCUT2D eigenvalue weighted by Crippen LogP contribution is 2.17. The third kappa shape index (κ3) is 3.86. The van der Waals surface area contributed by atoms with Gasteiger partial charge < -0.3 is 15.4 Å². The molecule has 3 aromatic carbocycles. The van der Waals surface area contributed by atoms with Crippen molar-refractivity contribution in [2.45, 2.75) is 6.92 Å². The smallest absolute Gasteiger partial charge is 0.323 e. The molecule has 1 heterocycles. The van der Waals surface area contributed by atoms with E-state index in [0.717, 1.165) is 0 Å². The average Bonchev–Trinajstić information content (AvgIpc) is 2.75. The predicted octanol–water partition coefficient (Wildman–Crippen LogP) is 4.35. The molecule has 1 aromatic heterocycles. The first-order chi connectivity index (χ1) is 14.5. The summed E-state index contributed by atoms with van der Waals surface area (Å²) >= 11 is 0. The fourth-order valence-electron chi connectivity index (χ4n) is 3.21. The lowest BCUT2D eigenvalue weighted by molar-refractivity contribution is 0.262. The molecule has 0 saturated carbocycles. The van der Waals surface area contributed by atoms with Crippen LogP contribution in [0.2, 0.25) is 0 Å². The topological polar surface area (TPSA) is 85.2 Å². The molecule has 7 heteroatoms. The van der Waals surface area contributed by atoms with E-state index in [4.69, 9.17) is 4.74 Å². The molecular weight excluding hydrogens is 380 g/mol. The Balaban J connectivity index is 1.52. The van der Waals surface area contributed by atoms with Crippen LogP contribution in [0.1, 0.15) is 5.82 Å². The van der Waals surface area contributed by atoms with E-state index in [1.807, 2.05) is 18.2 Å². The summed E-state index contributed by atoms with van der Waals surface area (Å²) in [7, 11) is 1.59. The Labute approximate surface area is 173 Å². The number of methoxy groups -OCH3 is 1. The number of carbonyl (C=O) groups excluding carboxylic acids is 1. The minimum Gasteiger partial charge on any atom is -0.497 e. The number of amides is 2. The lowest BCUT2D eigenvalue weighted by Crippen LogP contribution is -2.22. The molecule has 0 spiro atoms. The quantitative estimate of drug-likeness (QED) is 0.533. The third-order valence-electron chi connectivity index (χ3n) is 4.67. The second-order valence-electron chi connectivity index (χ2n) is 6.67. The zero-order valence-corrected chi connectivity index (χ0v) is 16.5. The van der Waals surface area contributed by atoms with Crippen molar-refractivity contribution in [3.05, 3.63) is 89.0 Å². The minimum absolute atomic E-state index is 0.129. The molecule has 30 heavy (non-hydrogen) atoms. The largest absolute Gasteiger partial charge is 0.497 e. The number of aryl methyl sites for hydroxylation is 1. The van der Waals surface area contributed by atoms with E-state index in [0.29, 0.717) is 39.5 Å². The Hall–Kier alpha value is -4.13. The summed E-state index contributed by atoms with van der Waals surface area (Å²) in [5.74, 6) is 1.31. The number of hydrogen-bond acceptors (Lipinski definition) is 4. The Bertz CT molecular complexity index is 1260. The summed E-state index contributed by atoms with van der Waals surface area (Å²) in [5.41, 5.74) is 2.47. The Morgan fingerprint density at radius 3 is 2.13 bits per heavy atom. The minimum atomic E-state index is -0.367. The highest BCUT2D eigenvalue weighted by atomic mass is 16.5. The summed E-state index contributed by atoms with van der Waals surface area (Å²) in [6, 6.07) is 21.0. The van der Waals surface area contributed by atoms with E-state index < -0.39 is 0 Å². The van der Waals surface area contributed by atoms with Gasteiger partial charge in [-0.25, -0.2) is 9.78 Å². The van der Waals surface area contributed by atoms with Crippen LogP contribution in [0.15, 0.2) is 77.6 Å². The summed E-state index contributed by atoms with van der Waals surface area (Å²) in [6.45, 7) is 1.79. The highest BCUT2D eigenvalue weighted by Gasteiger charge is 2.10. The lowest BCUT2D eigenvalue weighted by Gasteiger charge is -2.12. The maximum atomic E-state index is 12.9. The van der Waals surface area contributed by atoms with Gasteiger partial charge in [0.2, 0.25) is 0 Å². The van der Waals surface area contributed by atoms with Crippen molar-refractivity contribution in [2.75, 3.05) is 17.7 Å². The van der Waals surface area contributed by atoms with Gasteiger partial charge in [0, 0.05) is 11.4 Å². The molecule has 0 fully saturated rings.